The second kappa shape index (κ2) is 8.67. The summed E-state index contributed by atoms with van der Waals surface area (Å²) in [5.41, 5.74) is 0.842. The van der Waals surface area contributed by atoms with Gasteiger partial charge in [-0.1, -0.05) is 6.92 Å². The highest BCUT2D eigenvalue weighted by molar-refractivity contribution is 7.91. The van der Waals surface area contributed by atoms with E-state index < -0.39 is 9.84 Å². The maximum absolute atomic E-state index is 11.9. The van der Waals surface area contributed by atoms with Gasteiger partial charge in [-0.15, -0.1) is 0 Å². The van der Waals surface area contributed by atoms with Crippen LogP contribution < -0.4 is 5.32 Å². The van der Waals surface area contributed by atoms with E-state index in [4.69, 9.17) is 4.74 Å². The molecule has 0 aliphatic heterocycles. The maximum atomic E-state index is 11.9. The number of benzene rings is 1. The zero-order valence-electron chi connectivity index (χ0n) is 12.6. The highest BCUT2D eigenvalue weighted by Gasteiger charge is 2.12. The molecule has 1 rings (SSSR count). The van der Waals surface area contributed by atoms with E-state index in [1.165, 1.54) is 0 Å². The van der Waals surface area contributed by atoms with Crippen LogP contribution in [0.15, 0.2) is 29.2 Å². The fourth-order valence-corrected chi connectivity index (χ4v) is 3.19. The molecule has 0 saturated carbocycles. The van der Waals surface area contributed by atoms with Gasteiger partial charge in [-0.2, -0.15) is 0 Å². The molecule has 0 heterocycles. The van der Waals surface area contributed by atoms with Gasteiger partial charge >= 0.3 is 5.97 Å². The predicted octanol–water partition coefficient (Wildman–Crippen LogP) is 2.63. The molecular formula is C15H23NO4S. The van der Waals surface area contributed by atoms with E-state index >= 15 is 0 Å². The van der Waals surface area contributed by atoms with Crippen molar-refractivity contribution < 1.29 is 17.9 Å². The number of rotatable bonds is 9. The second-order valence-corrected chi connectivity index (χ2v) is 6.79. The number of hydrogen-bond donors (Lipinski definition) is 1. The minimum Gasteiger partial charge on any atom is -0.466 e. The number of carbonyl (C=O) groups is 1. The van der Waals surface area contributed by atoms with E-state index in [1.807, 2.05) is 6.92 Å². The molecule has 0 fully saturated rings. The Morgan fingerprint density at radius 2 is 1.86 bits per heavy atom. The lowest BCUT2D eigenvalue weighted by molar-refractivity contribution is -0.143. The topological polar surface area (TPSA) is 72.5 Å². The Bertz CT molecular complexity index is 537. The van der Waals surface area contributed by atoms with Gasteiger partial charge in [-0.25, -0.2) is 8.42 Å². The molecule has 0 amide bonds. The zero-order valence-corrected chi connectivity index (χ0v) is 13.4. The quantitative estimate of drug-likeness (QED) is 0.560. The van der Waals surface area contributed by atoms with Crippen molar-refractivity contribution in [2.45, 2.75) is 38.0 Å². The Balaban J connectivity index is 2.43. The summed E-state index contributed by atoms with van der Waals surface area (Å²) >= 11 is 0. The van der Waals surface area contributed by atoms with Crippen molar-refractivity contribution in [3.63, 3.8) is 0 Å². The van der Waals surface area contributed by atoms with Crippen molar-refractivity contribution in [3.8, 4) is 0 Å². The van der Waals surface area contributed by atoms with Crippen LogP contribution in [0.2, 0.25) is 0 Å². The Morgan fingerprint density at radius 1 is 1.19 bits per heavy atom. The van der Waals surface area contributed by atoms with Gasteiger partial charge < -0.3 is 10.1 Å². The van der Waals surface area contributed by atoms with E-state index in [2.05, 4.69) is 5.32 Å². The second-order valence-electron chi connectivity index (χ2n) is 4.68. The summed E-state index contributed by atoms with van der Waals surface area (Å²) in [7, 11) is -3.16. The molecule has 0 bridgehead atoms. The van der Waals surface area contributed by atoms with E-state index in [9.17, 15) is 13.2 Å². The summed E-state index contributed by atoms with van der Waals surface area (Å²) in [6.45, 7) is 4.67. The van der Waals surface area contributed by atoms with Crippen LogP contribution in [0, 0.1) is 0 Å². The third kappa shape index (κ3) is 6.16. The monoisotopic (exact) mass is 313 g/mol. The molecule has 0 spiro atoms. The summed E-state index contributed by atoms with van der Waals surface area (Å²) < 4.78 is 28.6. The van der Waals surface area contributed by atoms with Crippen LogP contribution in [0.4, 0.5) is 5.69 Å². The van der Waals surface area contributed by atoms with Crippen LogP contribution in [0.5, 0.6) is 0 Å². The number of nitrogens with one attached hydrogen (secondary N) is 1. The molecule has 0 saturated heterocycles. The number of sulfone groups is 1. The van der Waals surface area contributed by atoms with Crippen molar-refractivity contribution in [2.75, 3.05) is 24.2 Å². The van der Waals surface area contributed by atoms with Gasteiger partial charge in [0.05, 0.1) is 17.3 Å². The molecule has 0 unspecified atom stereocenters. The van der Waals surface area contributed by atoms with E-state index in [0.29, 0.717) is 37.3 Å². The van der Waals surface area contributed by atoms with Gasteiger partial charge in [0.2, 0.25) is 0 Å². The number of esters is 1. The Morgan fingerprint density at radius 3 is 2.43 bits per heavy atom. The number of hydrogen-bond acceptors (Lipinski definition) is 5. The van der Waals surface area contributed by atoms with Crippen LogP contribution in [0.1, 0.15) is 33.1 Å². The number of carbonyl (C=O) groups excluding carboxylic acids is 1. The lowest BCUT2D eigenvalue weighted by atomic mass is 10.3. The summed E-state index contributed by atoms with van der Waals surface area (Å²) in [4.78, 5) is 11.5. The highest BCUT2D eigenvalue weighted by atomic mass is 32.2. The molecule has 5 nitrogen and oxygen atoms in total. The van der Waals surface area contributed by atoms with Gasteiger partial charge in [0.25, 0.3) is 0 Å². The lowest BCUT2D eigenvalue weighted by Crippen LogP contribution is -2.09. The Labute approximate surface area is 126 Å². The summed E-state index contributed by atoms with van der Waals surface area (Å²) in [6, 6.07) is 6.71. The van der Waals surface area contributed by atoms with Crippen LogP contribution >= 0.6 is 0 Å². The number of ether oxygens (including phenoxy) is 1. The van der Waals surface area contributed by atoms with Crippen LogP contribution in [0.3, 0.4) is 0 Å². The van der Waals surface area contributed by atoms with Gasteiger partial charge in [0, 0.05) is 18.7 Å². The summed E-state index contributed by atoms with van der Waals surface area (Å²) in [6.07, 6.45) is 1.66. The fraction of sp³-hybridized carbons (Fsp3) is 0.533. The minimum absolute atomic E-state index is 0.166. The van der Waals surface area contributed by atoms with E-state index in [1.54, 1.807) is 31.2 Å². The van der Waals surface area contributed by atoms with E-state index in [0.717, 1.165) is 5.69 Å². The fourth-order valence-electron chi connectivity index (χ4n) is 1.87. The van der Waals surface area contributed by atoms with Gasteiger partial charge in [0.15, 0.2) is 9.84 Å². The molecule has 1 N–H and O–H groups in total. The maximum Gasteiger partial charge on any atom is 0.305 e. The Hall–Kier alpha value is -1.56. The first kappa shape index (κ1) is 17.5. The molecule has 1 aromatic carbocycles. The first-order valence-corrected chi connectivity index (χ1v) is 8.87. The predicted molar refractivity (Wildman–Crippen MR) is 83.1 cm³/mol. The molecule has 0 aromatic heterocycles. The minimum atomic E-state index is -3.16. The standard InChI is InChI=1S/C15H23NO4S/c1-3-12-21(18,19)14-9-7-13(8-10-14)16-11-5-6-15(17)20-4-2/h7-10,16H,3-6,11-12H2,1-2H3. The molecule has 1 aromatic rings. The van der Waals surface area contributed by atoms with E-state index in [-0.39, 0.29) is 11.7 Å². The van der Waals surface area contributed by atoms with Crippen molar-refractivity contribution >= 4 is 21.5 Å². The molecule has 6 heteroatoms. The molecular weight excluding hydrogens is 290 g/mol. The van der Waals surface area contributed by atoms with Gasteiger partial charge in [-0.3, -0.25) is 4.79 Å². The molecule has 0 aliphatic rings. The normalized spacial score (nSPS) is 11.1. The van der Waals surface area contributed by atoms with Crippen LogP contribution in [-0.2, 0) is 19.4 Å². The summed E-state index contributed by atoms with van der Waals surface area (Å²) in [5.74, 6) is -0.0282. The van der Waals surface area contributed by atoms with Crippen LogP contribution in [0.25, 0.3) is 0 Å². The van der Waals surface area contributed by atoms with Crippen LogP contribution in [-0.4, -0.2) is 33.3 Å². The third-order valence-electron chi connectivity index (χ3n) is 2.88. The smallest absolute Gasteiger partial charge is 0.305 e. The average molecular weight is 313 g/mol. The molecule has 0 aliphatic carbocycles. The van der Waals surface area contributed by atoms with Crippen molar-refractivity contribution in [1.29, 1.82) is 0 Å². The first-order valence-electron chi connectivity index (χ1n) is 7.22. The summed E-state index contributed by atoms with van der Waals surface area (Å²) in [5, 5.41) is 3.15. The third-order valence-corrected chi connectivity index (χ3v) is 4.81. The van der Waals surface area contributed by atoms with Crippen molar-refractivity contribution in [2.24, 2.45) is 0 Å². The molecule has 118 valence electrons. The molecule has 0 atom stereocenters. The van der Waals surface area contributed by atoms with Crippen molar-refractivity contribution in [1.82, 2.24) is 0 Å². The number of anilines is 1. The average Bonchev–Trinajstić information content (AvgIpc) is 2.44. The lowest BCUT2D eigenvalue weighted by Gasteiger charge is -2.08. The first-order chi connectivity index (χ1) is 9.99. The molecule has 0 radical (unpaired) electrons. The van der Waals surface area contributed by atoms with Gasteiger partial charge in [-0.05, 0) is 44.0 Å². The largest absolute Gasteiger partial charge is 0.466 e. The highest BCUT2D eigenvalue weighted by Crippen LogP contribution is 2.16. The van der Waals surface area contributed by atoms with Crippen molar-refractivity contribution in [3.05, 3.63) is 24.3 Å². The molecule has 21 heavy (non-hydrogen) atoms. The zero-order chi connectivity index (χ0) is 15.7. The SMILES string of the molecule is CCCS(=O)(=O)c1ccc(NCCCC(=O)OCC)cc1. The Kier molecular flexibility index (Phi) is 7.22. The van der Waals surface area contributed by atoms with Gasteiger partial charge in [0.1, 0.15) is 0 Å².